The van der Waals surface area contributed by atoms with Crippen molar-refractivity contribution in [2.75, 3.05) is 11.5 Å². The molecule has 4 aromatic rings. The van der Waals surface area contributed by atoms with E-state index in [1.54, 1.807) is 16.9 Å². The molecule has 0 unspecified atom stereocenters. The number of aromatic nitrogens is 6. The minimum atomic E-state index is 0.379. The van der Waals surface area contributed by atoms with E-state index in [9.17, 15) is 0 Å². The Morgan fingerprint density at radius 2 is 1.58 bits per heavy atom. The van der Waals surface area contributed by atoms with E-state index in [4.69, 9.17) is 11.5 Å². The Labute approximate surface area is 151 Å². The van der Waals surface area contributed by atoms with Gasteiger partial charge in [-0.25, -0.2) is 19.0 Å². The summed E-state index contributed by atoms with van der Waals surface area (Å²) < 4.78 is 3.63. The lowest BCUT2D eigenvalue weighted by Crippen LogP contribution is -2.03. The molecular formula is C18H24N8. The van der Waals surface area contributed by atoms with Gasteiger partial charge >= 0.3 is 0 Å². The minimum absolute atomic E-state index is 0.379. The molecule has 4 heterocycles. The van der Waals surface area contributed by atoms with E-state index in [0.29, 0.717) is 23.3 Å². The van der Waals surface area contributed by atoms with Gasteiger partial charge in [-0.2, -0.15) is 10.2 Å². The summed E-state index contributed by atoms with van der Waals surface area (Å²) in [6.45, 7) is 8.46. The van der Waals surface area contributed by atoms with Crippen LogP contribution in [-0.2, 0) is 0 Å². The van der Waals surface area contributed by atoms with Gasteiger partial charge in [0.2, 0.25) is 0 Å². The number of anilines is 2. The molecule has 0 bridgehead atoms. The standard InChI is InChI=1S/C10H13N3.C8H11N5/c1-7(2)9-3-4-10-8(11)5-6-12-13(9)10;1-5(2)6-3-10-8-7(9)11-4-12-13(6)8/h3-7H,11H2,1-2H3;3-5H,1-2H3,(H2,9,11,12). The quantitative estimate of drug-likeness (QED) is 0.573. The second-order valence-electron chi connectivity index (χ2n) is 6.71. The van der Waals surface area contributed by atoms with Crippen molar-refractivity contribution in [1.29, 1.82) is 0 Å². The molecule has 0 aliphatic rings. The topological polar surface area (TPSA) is 112 Å². The predicted molar refractivity (Wildman–Crippen MR) is 103 cm³/mol. The van der Waals surface area contributed by atoms with Gasteiger partial charge in [0.25, 0.3) is 0 Å². The Hall–Kier alpha value is -3.16. The average Bonchev–Trinajstić information content (AvgIpc) is 3.21. The van der Waals surface area contributed by atoms with Crippen LogP contribution in [0.4, 0.5) is 11.5 Å². The molecule has 0 aliphatic heterocycles. The molecular weight excluding hydrogens is 328 g/mol. The molecule has 0 spiro atoms. The number of imidazole rings is 1. The molecule has 4 N–H and O–H groups in total. The molecule has 0 aromatic carbocycles. The Morgan fingerprint density at radius 3 is 2.27 bits per heavy atom. The molecule has 26 heavy (non-hydrogen) atoms. The van der Waals surface area contributed by atoms with E-state index in [1.807, 2.05) is 16.6 Å². The lowest BCUT2D eigenvalue weighted by Gasteiger charge is -2.05. The third-order valence-corrected chi connectivity index (χ3v) is 4.16. The van der Waals surface area contributed by atoms with E-state index >= 15 is 0 Å². The van der Waals surface area contributed by atoms with Crippen LogP contribution in [0.15, 0.2) is 36.9 Å². The second-order valence-corrected chi connectivity index (χ2v) is 6.71. The van der Waals surface area contributed by atoms with E-state index in [1.165, 1.54) is 12.0 Å². The van der Waals surface area contributed by atoms with Crippen LogP contribution in [0.1, 0.15) is 50.9 Å². The molecule has 8 heteroatoms. The normalized spacial score (nSPS) is 11.3. The monoisotopic (exact) mass is 352 g/mol. The van der Waals surface area contributed by atoms with Gasteiger partial charge in [0.1, 0.15) is 6.33 Å². The van der Waals surface area contributed by atoms with Crippen molar-refractivity contribution < 1.29 is 0 Å². The van der Waals surface area contributed by atoms with Crippen LogP contribution in [0.2, 0.25) is 0 Å². The van der Waals surface area contributed by atoms with Gasteiger partial charge in [-0.15, -0.1) is 0 Å². The first-order valence-electron chi connectivity index (χ1n) is 8.56. The average molecular weight is 352 g/mol. The predicted octanol–water partition coefficient (Wildman–Crippen LogP) is 2.87. The van der Waals surface area contributed by atoms with Gasteiger partial charge in [0.15, 0.2) is 11.5 Å². The fraction of sp³-hybridized carbons (Fsp3) is 0.333. The highest BCUT2D eigenvalue weighted by atomic mass is 15.3. The summed E-state index contributed by atoms with van der Waals surface area (Å²) in [6, 6.07) is 5.90. The van der Waals surface area contributed by atoms with Crippen LogP contribution in [0.3, 0.4) is 0 Å². The maximum atomic E-state index is 5.81. The van der Waals surface area contributed by atoms with E-state index < -0.39 is 0 Å². The maximum absolute atomic E-state index is 5.81. The number of rotatable bonds is 2. The fourth-order valence-corrected chi connectivity index (χ4v) is 2.74. The molecule has 8 nitrogen and oxygen atoms in total. The Bertz CT molecular complexity index is 944. The van der Waals surface area contributed by atoms with Crippen LogP contribution in [0.25, 0.3) is 11.2 Å². The molecule has 0 saturated heterocycles. The molecule has 0 fully saturated rings. The van der Waals surface area contributed by atoms with Crippen molar-refractivity contribution in [3.8, 4) is 0 Å². The van der Waals surface area contributed by atoms with Crippen LogP contribution in [-0.4, -0.2) is 29.2 Å². The Kier molecular flexibility index (Phi) is 4.75. The van der Waals surface area contributed by atoms with Crippen molar-refractivity contribution in [1.82, 2.24) is 29.2 Å². The lowest BCUT2D eigenvalue weighted by molar-refractivity contribution is 0.752. The number of nitrogen functional groups attached to an aromatic ring is 2. The maximum Gasteiger partial charge on any atom is 0.196 e. The third-order valence-electron chi connectivity index (χ3n) is 4.16. The fourth-order valence-electron chi connectivity index (χ4n) is 2.74. The van der Waals surface area contributed by atoms with Crippen molar-refractivity contribution in [3.05, 3.63) is 48.3 Å². The summed E-state index contributed by atoms with van der Waals surface area (Å²) in [5, 5.41) is 8.35. The highest BCUT2D eigenvalue weighted by Gasteiger charge is 2.10. The van der Waals surface area contributed by atoms with Gasteiger partial charge in [-0.3, -0.25) is 0 Å². The molecule has 0 amide bonds. The second kappa shape index (κ2) is 6.99. The number of hydrogen-bond donors (Lipinski definition) is 2. The van der Waals surface area contributed by atoms with Crippen LogP contribution >= 0.6 is 0 Å². The van der Waals surface area contributed by atoms with Gasteiger partial charge in [-0.05, 0) is 30.0 Å². The largest absolute Gasteiger partial charge is 0.397 e. The third kappa shape index (κ3) is 3.17. The summed E-state index contributed by atoms with van der Waals surface area (Å²) in [5.41, 5.74) is 16.1. The SMILES string of the molecule is CC(C)c1ccc2c(N)ccnn12.CC(C)c1cnc2c(N)ncnn12. The zero-order valence-corrected chi connectivity index (χ0v) is 15.5. The van der Waals surface area contributed by atoms with E-state index in [-0.39, 0.29) is 0 Å². The van der Waals surface area contributed by atoms with Crippen LogP contribution in [0, 0.1) is 0 Å². The van der Waals surface area contributed by atoms with E-state index in [0.717, 1.165) is 16.9 Å². The highest BCUT2D eigenvalue weighted by Crippen LogP contribution is 2.20. The number of nitrogens with two attached hydrogens (primary N) is 2. The summed E-state index contributed by atoms with van der Waals surface area (Å²) in [4.78, 5) is 8.02. The van der Waals surface area contributed by atoms with Crippen LogP contribution < -0.4 is 11.5 Å². The summed E-state index contributed by atoms with van der Waals surface area (Å²) in [7, 11) is 0. The molecule has 0 atom stereocenters. The first-order chi connectivity index (χ1) is 12.4. The molecule has 0 radical (unpaired) electrons. The number of fused-ring (bicyclic) bond motifs is 2. The smallest absolute Gasteiger partial charge is 0.196 e. The number of nitrogens with zero attached hydrogens (tertiary/aromatic N) is 6. The van der Waals surface area contributed by atoms with Gasteiger partial charge in [0, 0.05) is 11.9 Å². The van der Waals surface area contributed by atoms with Crippen LogP contribution in [0.5, 0.6) is 0 Å². The van der Waals surface area contributed by atoms with Gasteiger partial charge in [0.05, 0.1) is 23.1 Å². The zero-order valence-electron chi connectivity index (χ0n) is 15.5. The lowest BCUT2D eigenvalue weighted by atomic mass is 10.1. The minimum Gasteiger partial charge on any atom is -0.397 e. The van der Waals surface area contributed by atoms with E-state index in [2.05, 4.69) is 53.9 Å². The van der Waals surface area contributed by atoms with Crippen molar-refractivity contribution in [3.63, 3.8) is 0 Å². The zero-order chi connectivity index (χ0) is 18.8. The Morgan fingerprint density at radius 1 is 0.846 bits per heavy atom. The van der Waals surface area contributed by atoms with Crippen molar-refractivity contribution in [2.24, 2.45) is 0 Å². The summed E-state index contributed by atoms with van der Waals surface area (Å²) >= 11 is 0. The summed E-state index contributed by atoms with van der Waals surface area (Å²) in [6.07, 6.45) is 4.95. The molecule has 0 saturated carbocycles. The van der Waals surface area contributed by atoms with Gasteiger partial charge in [-0.1, -0.05) is 27.7 Å². The number of hydrogen-bond acceptors (Lipinski definition) is 6. The Balaban J connectivity index is 0.000000151. The highest BCUT2D eigenvalue weighted by molar-refractivity contribution is 5.69. The van der Waals surface area contributed by atoms with Gasteiger partial charge < -0.3 is 11.5 Å². The molecule has 4 aromatic heterocycles. The van der Waals surface area contributed by atoms with Crippen molar-refractivity contribution >= 4 is 22.7 Å². The molecule has 0 aliphatic carbocycles. The molecule has 4 rings (SSSR count). The summed E-state index contributed by atoms with van der Waals surface area (Å²) in [5.74, 6) is 1.27. The molecule has 136 valence electrons. The van der Waals surface area contributed by atoms with Crippen molar-refractivity contribution in [2.45, 2.75) is 39.5 Å². The first-order valence-corrected chi connectivity index (χ1v) is 8.56. The first kappa shape index (κ1) is 17.7.